The smallest absolute Gasteiger partial charge is 0.344 e. The van der Waals surface area contributed by atoms with Crippen molar-refractivity contribution in [1.29, 1.82) is 0 Å². The van der Waals surface area contributed by atoms with Crippen molar-refractivity contribution in [2.75, 3.05) is 12.3 Å². The Bertz CT molecular complexity index is 582. The second kappa shape index (κ2) is 5.05. The molecule has 0 spiro atoms. The summed E-state index contributed by atoms with van der Waals surface area (Å²) in [5, 5.41) is 6.87. The largest absolute Gasteiger partial charge is 0.462 e. The molecule has 0 amide bonds. The Balaban J connectivity index is 2.53. The number of nitrogens with two attached hydrogens (primary N) is 1. The molecule has 2 rings (SSSR count). The number of aromatic nitrogens is 3. The number of aromatic amines is 1. The molecule has 2 heterocycles. The van der Waals surface area contributed by atoms with Gasteiger partial charge in [0.1, 0.15) is 22.8 Å². The number of rotatable bonds is 3. The molecular weight excluding hydrogens is 256 g/mol. The van der Waals surface area contributed by atoms with Gasteiger partial charge in [0.2, 0.25) is 0 Å². The predicted molar refractivity (Wildman–Crippen MR) is 67.2 cm³/mol. The predicted octanol–water partition coefficient (Wildman–Crippen LogP) is 1.88. The van der Waals surface area contributed by atoms with Crippen LogP contribution in [0.4, 0.5) is 5.82 Å². The van der Waals surface area contributed by atoms with Gasteiger partial charge in [-0.15, -0.1) is 0 Å². The van der Waals surface area contributed by atoms with Crippen molar-refractivity contribution in [3.05, 3.63) is 28.9 Å². The third-order valence-electron chi connectivity index (χ3n) is 2.26. The van der Waals surface area contributed by atoms with E-state index in [9.17, 15) is 4.79 Å². The molecule has 0 radical (unpaired) electrons. The molecular formula is C11H11ClN4O2. The maximum absolute atomic E-state index is 11.8. The van der Waals surface area contributed by atoms with E-state index in [-0.39, 0.29) is 23.7 Å². The van der Waals surface area contributed by atoms with Crippen molar-refractivity contribution in [1.82, 2.24) is 15.2 Å². The lowest BCUT2D eigenvalue weighted by Gasteiger charge is -2.04. The van der Waals surface area contributed by atoms with Crippen LogP contribution >= 0.6 is 11.6 Å². The molecule has 0 bridgehead atoms. The number of hydrogen-bond acceptors (Lipinski definition) is 5. The molecule has 94 valence electrons. The van der Waals surface area contributed by atoms with Gasteiger partial charge in [0, 0.05) is 6.20 Å². The number of nitrogens with zero attached hydrogens (tertiary/aromatic N) is 2. The van der Waals surface area contributed by atoms with E-state index in [1.165, 1.54) is 0 Å². The summed E-state index contributed by atoms with van der Waals surface area (Å²) in [5.41, 5.74) is 6.49. The summed E-state index contributed by atoms with van der Waals surface area (Å²) in [6, 6.07) is 3.34. The van der Waals surface area contributed by atoms with Gasteiger partial charge < -0.3 is 10.5 Å². The summed E-state index contributed by atoms with van der Waals surface area (Å²) in [6.07, 6.45) is 1.56. The molecule has 6 nitrogen and oxygen atoms in total. The molecule has 0 aliphatic carbocycles. The minimum absolute atomic E-state index is 0.130. The summed E-state index contributed by atoms with van der Waals surface area (Å²) < 4.78 is 4.92. The average molecular weight is 267 g/mol. The van der Waals surface area contributed by atoms with Gasteiger partial charge in [0.15, 0.2) is 0 Å². The van der Waals surface area contributed by atoms with E-state index in [1.807, 2.05) is 0 Å². The van der Waals surface area contributed by atoms with E-state index < -0.39 is 5.97 Å². The van der Waals surface area contributed by atoms with E-state index in [1.54, 1.807) is 25.3 Å². The van der Waals surface area contributed by atoms with E-state index >= 15 is 0 Å². The van der Waals surface area contributed by atoms with Crippen LogP contribution in [0.15, 0.2) is 18.3 Å². The second-order valence-electron chi connectivity index (χ2n) is 3.42. The Hall–Kier alpha value is -2.08. The summed E-state index contributed by atoms with van der Waals surface area (Å²) >= 11 is 6.01. The minimum Gasteiger partial charge on any atom is -0.462 e. The Morgan fingerprint density at radius 1 is 1.56 bits per heavy atom. The number of carbonyl (C=O) groups is 1. The summed E-state index contributed by atoms with van der Waals surface area (Å²) in [5.74, 6) is -0.425. The minimum atomic E-state index is -0.555. The Morgan fingerprint density at radius 3 is 3.00 bits per heavy atom. The second-order valence-corrected chi connectivity index (χ2v) is 3.82. The van der Waals surface area contributed by atoms with E-state index in [4.69, 9.17) is 22.1 Å². The SMILES string of the molecule is CCOC(=O)c1c(-c2ncccc2Cl)n[nH]c1N. The maximum Gasteiger partial charge on any atom is 0.344 e. The Morgan fingerprint density at radius 2 is 2.33 bits per heavy atom. The Kier molecular flexibility index (Phi) is 3.47. The molecule has 0 aromatic carbocycles. The molecule has 2 aromatic rings. The monoisotopic (exact) mass is 266 g/mol. The zero-order chi connectivity index (χ0) is 13.1. The van der Waals surface area contributed by atoms with Crippen LogP contribution in [-0.2, 0) is 4.74 Å². The highest BCUT2D eigenvalue weighted by Gasteiger charge is 2.23. The highest BCUT2D eigenvalue weighted by Crippen LogP contribution is 2.29. The lowest BCUT2D eigenvalue weighted by atomic mass is 10.1. The van der Waals surface area contributed by atoms with Crippen molar-refractivity contribution in [2.24, 2.45) is 0 Å². The van der Waals surface area contributed by atoms with Gasteiger partial charge in [-0.3, -0.25) is 10.1 Å². The lowest BCUT2D eigenvalue weighted by Crippen LogP contribution is -2.08. The summed E-state index contributed by atoms with van der Waals surface area (Å²) in [4.78, 5) is 15.9. The van der Waals surface area contributed by atoms with Gasteiger partial charge in [-0.2, -0.15) is 5.10 Å². The highest BCUT2D eigenvalue weighted by molar-refractivity contribution is 6.33. The molecule has 0 aliphatic rings. The normalized spacial score (nSPS) is 10.3. The van der Waals surface area contributed by atoms with Gasteiger partial charge in [0.05, 0.1) is 11.6 Å². The molecule has 0 fully saturated rings. The van der Waals surface area contributed by atoms with Gasteiger partial charge in [-0.1, -0.05) is 11.6 Å². The fraction of sp³-hybridized carbons (Fsp3) is 0.182. The number of carbonyl (C=O) groups excluding carboxylic acids is 1. The van der Waals surface area contributed by atoms with Crippen molar-refractivity contribution in [3.63, 3.8) is 0 Å². The van der Waals surface area contributed by atoms with Crippen LogP contribution in [-0.4, -0.2) is 27.8 Å². The van der Waals surface area contributed by atoms with Gasteiger partial charge in [-0.25, -0.2) is 4.79 Å². The summed E-state index contributed by atoms with van der Waals surface area (Å²) in [7, 11) is 0. The maximum atomic E-state index is 11.8. The van der Waals surface area contributed by atoms with Crippen molar-refractivity contribution < 1.29 is 9.53 Å². The zero-order valence-corrected chi connectivity index (χ0v) is 10.4. The first kappa shape index (κ1) is 12.4. The third kappa shape index (κ3) is 2.14. The van der Waals surface area contributed by atoms with Crippen LogP contribution in [0, 0.1) is 0 Å². The molecule has 0 atom stereocenters. The van der Waals surface area contributed by atoms with Crippen molar-refractivity contribution >= 4 is 23.4 Å². The highest BCUT2D eigenvalue weighted by atomic mass is 35.5. The van der Waals surface area contributed by atoms with Crippen LogP contribution in [0.25, 0.3) is 11.4 Å². The molecule has 0 aliphatic heterocycles. The van der Waals surface area contributed by atoms with Crippen molar-refractivity contribution in [3.8, 4) is 11.4 Å². The molecule has 18 heavy (non-hydrogen) atoms. The number of anilines is 1. The number of H-pyrrole nitrogens is 1. The molecule has 7 heteroatoms. The third-order valence-corrected chi connectivity index (χ3v) is 2.56. The summed E-state index contributed by atoms with van der Waals surface area (Å²) in [6.45, 7) is 1.96. The molecule has 0 unspecified atom stereocenters. The topological polar surface area (TPSA) is 93.9 Å². The number of pyridine rings is 1. The number of hydrogen-bond donors (Lipinski definition) is 2. The first-order valence-corrected chi connectivity index (χ1v) is 5.64. The van der Waals surface area contributed by atoms with Crippen LogP contribution in [0.3, 0.4) is 0 Å². The fourth-order valence-corrected chi connectivity index (χ4v) is 1.71. The van der Waals surface area contributed by atoms with Crippen molar-refractivity contribution in [2.45, 2.75) is 6.92 Å². The number of ether oxygens (including phenoxy) is 1. The van der Waals surface area contributed by atoms with Crippen LogP contribution in [0.5, 0.6) is 0 Å². The number of nitrogen functional groups attached to an aromatic ring is 1. The van der Waals surface area contributed by atoms with E-state index in [2.05, 4.69) is 15.2 Å². The van der Waals surface area contributed by atoms with Crippen LogP contribution < -0.4 is 5.73 Å². The standard InChI is InChI=1S/C11H11ClN4O2/c1-2-18-11(17)7-9(15-16-10(7)13)8-6(12)4-3-5-14-8/h3-5H,2H2,1H3,(H3,13,15,16). The van der Waals surface area contributed by atoms with E-state index in [0.29, 0.717) is 10.7 Å². The van der Waals surface area contributed by atoms with Crippen LogP contribution in [0.2, 0.25) is 5.02 Å². The lowest BCUT2D eigenvalue weighted by molar-refractivity contribution is 0.0528. The Labute approximate surface area is 108 Å². The number of esters is 1. The first-order chi connectivity index (χ1) is 8.65. The number of nitrogens with one attached hydrogen (secondary N) is 1. The van der Waals surface area contributed by atoms with Gasteiger partial charge >= 0.3 is 5.97 Å². The fourth-order valence-electron chi connectivity index (χ4n) is 1.50. The first-order valence-electron chi connectivity index (χ1n) is 5.27. The van der Waals surface area contributed by atoms with Gasteiger partial charge in [0.25, 0.3) is 0 Å². The average Bonchev–Trinajstić information content (AvgIpc) is 2.72. The van der Waals surface area contributed by atoms with Crippen LogP contribution in [0.1, 0.15) is 17.3 Å². The zero-order valence-electron chi connectivity index (χ0n) is 9.61. The number of halogens is 1. The molecule has 2 aromatic heterocycles. The molecule has 3 N–H and O–H groups in total. The quantitative estimate of drug-likeness (QED) is 0.827. The van der Waals surface area contributed by atoms with E-state index in [0.717, 1.165) is 0 Å². The molecule has 0 saturated heterocycles. The van der Waals surface area contributed by atoms with Gasteiger partial charge in [-0.05, 0) is 19.1 Å². The molecule has 0 saturated carbocycles.